The molecule has 1 aromatic rings. The monoisotopic (exact) mass is 266 g/mol. The number of benzene rings is 1. The first-order valence-electron chi connectivity index (χ1n) is 6.26. The van der Waals surface area contributed by atoms with Crippen LogP contribution in [-0.4, -0.2) is 16.8 Å². The van der Waals surface area contributed by atoms with Crippen molar-refractivity contribution in [2.45, 2.75) is 37.0 Å². The fourth-order valence-corrected chi connectivity index (χ4v) is 3.40. The molecule has 98 valence electrons. The van der Waals surface area contributed by atoms with Gasteiger partial charge in [-0.2, -0.15) is 11.8 Å². The van der Waals surface area contributed by atoms with Crippen LogP contribution >= 0.6 is 11.8 Å². The van der Waals surface area contributed by atoms with Crippen molar-refractivity contribution in [1.82, 2.24) is 0 Å². The van der Waals surface area contributed by atoms with E-state index in [0.717, 1.165) is 19.3 Å². The van der Waals surface area contributed by atoms with Crippen molar-refractivity contribution in [1.29, 1.82) is 0 Å². The Kier molecular flexibility index (Phi) is 3.95. The number of halogens is 1. The van der Waals surface area contributed by atoms with Crippen LogP contribution < -0.4 is 5.73 Å². The van der Waals surface area contributed by atoms with Gasteiger partial charge in [0.05, 0.1) is 10.8 Å². The SMILES string of the molecule is CCC1(SC)CCC(c2ccccc2F)N=C1N. The van der Waals surface area contributed by atoms with Crippen molar-refractivity contribution >= 4 is 17.6 Å². The molecule has 0 aliphatic carbocycles. The van der Waals surface area contributed by atoms with Gasteiger partial charge in [-0.1, -0.05) is 25.1 Å². The van der Waals surface area contributed by atoms with E-state index in [4.69, 9.17) is 5.73 Å². The molecule has 1 aromatic carbocycles. The van der Waals surface area contributed by atoms with Gasteiger partial charge in [-0.3, -0.25) is 4.99 Å². The number of rotatable bonds is 3. The highest BCUT2D eigenvalue weighted by molar-refractivity contribution is 8.00. The van der Waals surface area contributed by atoms with Crippen molar-refractivity contribution < 1.29 is 4.39 Å². The lowest BCUT2D eigenvalue weighted by atomic mass is 9.89. The Labute approximate surface area is 112 Å². The fraction of sp³-hybridized carbons (Fsp3) is 0.500. The van der Waals surface area contributed by atoms with Crippen LogP contribution in [0.4, 0.5) is 4.39 Å². The molecule has 2 N–H and O–H groups in total. The molecule has 0 radical (unpaired) electrons. The molecule has 0 saturated heterocycles. The van der Waals surface area contributed by atoms with Crippen molar-refractivity contribution in [3.63, 3.8) is 0 Å². The van der Waals surface area contributed by atoms with Gasteiger partial charge in [0.1, 0.15) is 11.7 Å². The summed E-state index contributed by atoms with van der Waals surface area (Å²) >= 11 is 1.75. The highest BCUT2D eigenvalue weighted by Gasteiger charge is 2.36. The second-order valence-electron chi connectivity index (χ2n) is 4.64. The first-order valence-corrected chi connectivity index (χ1v) is 7.49. The van der Waals surface area contributed by atoms with Gasteiger partial charge in [0, 0.05) is 5.56 Å². The lowest BCUT2D eigenvalue weighted by Crippen LogP contribution is -2.43. The number of nitrogens with zero attached hydrogens (tertiary/aromatic N) is 1. The smallest absolute Gasteiger partial charge is 0.128 e. The molecule has 1 aliphatic rings. The molecule has 2 atom stereocenters. The molecule has 1 aliphatic heterocycles. The molecule has 2 nitrogen and oxygen atoms in total. The van der Waals surface area contributed by atoms with E-state index in [9.17, 15) is 4.39 Å². The Morgan fingerprint density at radius 3 is 2.78 bits per heavy atom. The van der Waals surface area contributed by atoms with Crippen LogP contribution in [-0.2, 0) is 0 Å². The lowest BCUT2D eigenvalue weighted by molar-refractivity contribution is 0.495. The Hall–Kier alpha value is -1.03. The summed E-state index contributed by atoms with van der Waals surface area (Å²) in [4.78, 5) is 4.54. The quantitative estimate of drug-likeness (QED) is 0.909. The minimum Gasteiger partial charge on any atom is -0.386 e. The number of thioether (sulfide) groups is 1. The Balaban J connectivity index is 2.31. The molecular weight excluding hydrogens is 247 g/mol. The minimum absolute atomic E-state index is 0.0538. The van der Waals surface area contributed by atoms with E-state index < -0.39 is 0 Å². The van der Waals surface area contributed by atoms with Crippen LogP contribution in [0.25, 0.3) is 0 Å². The van der Waals surface area contributed by atoms with Gasteiger partial charge in [0.15, 0.2) is 0 Å². The zero-order valence-corrected chi connectivity index (χ0v) is 11.6. The van der Waals surface area contributed by atoms with E-state index in [0.29, 0.717) is 11.4 Å². The number of hydrogen-bond acceptors (Lipinski definition) is 3. The molecule has 4 heteroatoms. The zero-order chi connectivity index (χ0) is 13.2. The summed E-state index contributed by atoms with van der Waals surface area (Å²) in [6, 6.07) is 6.71. The van der Waals surface area contributed by atoms with Crippen LogP contribution in [0.1, 0.15) is 37.8 Å². The van der Waals surface area contributed by atoms with Crippen LogP contribution in [0.2, 0.25) is 0 Å². The van der Waals surface area contributed by atoms with E-state index >= 15 is 0 Å². The van der Waals surface area contributed by atoms with E-state index in [1.54, 1.807) is 23.9 Å². The fourth-order valence-electron chi connectivity index (χ4n) is 2.53. The first-order chi connectivity index (χ1) is 8.63. The third-order valence-corrected chi connectivity index (χ3v) is 5.29. The van der Waals surface area contributed by atoms with Gasteiger partial charge < -0.3 is 5.73 Å². The summed E-state index contributed by atoms with van der Waals surface area (Å²) in [5.74, 6) is 0.476. The van der Waals surface area contributed by atoms with Crippen LogP contribution in [0.3, 0.4) is 0 Å². The molecule has 0 amide bonds. The topological polar surface area (TPSA) is 38.4 Å². The van der Waals surface area contributed by atoms with Crippen molar-refractivity contribution in [3.05, 3.63) is 35.6 Å². The molecule has 0 fully saturated rings. The maximum Gasteiger partial charge on any atom is 0.128 e. The Bertz CT molecular complexity index is 455. The summed E-state index contributed by atoms with van der Waals surface area (Å²) < 4.78 is 13.7. The summed E-state index contributed by atoms with van der Waals surface area (Å²) in [6.07, 6.45) is 4.85. The zero-order valence-electron chi connectivity index (χ0n) is 10.8. The highest BCUT2D eigenvalue weighted by Crippen LogP contribution is 2.40. The van der Waals surface area contributed by atoms with Gasteiger partial charge in [0.25, 0.3) is 0 Å². The van der Waals surface area contributed by atoms with Crippen molar-refractivity contribution in [3.8, 4) is 0 Å². The van der Waals surface area contributed by atoms with E-state index in [1.165, 1.54) is 6.07 Å². The van der Waals surface area contributed by atoms with E-state index in [2.05, 4.69) is 18.2 Å². The van der Waals surface area contributed by atoms with Gasteiger partial charge >= 0.3 is 0 Å². The second-order valence-corrected chi connectivity index (χ2v) is 5.83. The van der Waals surface area contributed by atoms with Crippen molar-refractivity contribution in [2.24, 2.45) is 10.7 Å². The molecule has 0 bridgehead atoms. The van der Waals surface area contributed by atoms with Gasteiger partial charge in [-0.15, -0.1) is 0 Å². The van der Waals surface area contributed by atoms with Crippen LogP contribution in [0, 0.1) is 5.82 Å². The first kappa shape index (κ1) is 13.4. The third kappa shape index (κ3) is 2.26. The van der Waals surface area contributed by atoms with Gasteiger partial charge in [-0.05, 0) is 31.6 Å². The average Bonchev–Trinajstić information content (AvgIpc) is 2.40. The predicted octanol–water partition coefficient (Wildman–Crippen LogP) is 3.53. The van der Waals surface area contributed by atoms with Crippen LogP contribution in [0.5, 0.6) is 0 Å². The largest absolute Gasteiger partial charge is 0.386 e. The maximum atomic E-state index is 13.7. The van der Waals surface area contributed by atoms with E-state index in [1.807, 2.05) is 6.07 Å². The maximum absolute atomic E-state index is 13.7. The van der Waals surface area contributed by atoms with Gasteiger partial charge in [0.2, 0.25) is 0 Å². The summed E-state index contributed by atoms with van der Waals surface area (Å²) in [7, 11) is 0. The summed E-state index contributed by atoms with van der Waals surface area (Å²) in [5, 5.41) is 0. The molecular formula is C14H19FN2S. The molecule has 0 saturated carbocycles. The number of aliphatic imine (C=N–C) groups is 1. The van der Waals surface area contributed by atoms with Gasteiger partial charge in [-0.25, -0.2) is 4.39 Å². The standard InChI is InChI=1S/C14H19FN2S/c1-3-14(18-2)9-8-12(17-13(14)16)10-6-4-5-7-11(10)15/h4-7,12H,3,8-9H2,1-2H3,(H2,16,17). The second kappa shape index (κ2) is 5.31. The molecule has 0 spiro atoms. The normalized spacial score (nSPS) is 27.9. The molecule has 2 rings (SSSR count). The highest BCUT2D eigenvalue weighted by atomic mass is 32.2. The number of hydrogen-bond donors (Lipinski definition) is 1. The third-order valence-electron chi connectivity index (χ3n) is 3.81. The molecule has 2 unspecified atom stereocenters. The predicted molar refractivity (Wildman–Crippen MR) is 76.5 cm³/mol. The molecule has 1 heterocycles. The van der Waals surface area contributed by atoms with E-state index in [-0.39, 0.29) is 16.6 Å². The average molecular weight is 266 g/mol. The van der Waals surface area contributed by atoms with Crippen molar-refractivity contribution in [2.75, 3.05) is 6.26 Å². The number of amidine groups is 1. The summed E-state index contributed by atoms with van der Waals surface area (Å²) in [5.41, 5.74) is 6.78. The molecule has 18 heavy (non-hydrogen) atoms. The van der Waals surface area contributed by atoms with Crippen LogP contribution in [0.15, 0.2) is 29.3 Å². The number of nitrogens with two attached hydrogens (primary N) is 1. The molecule has 0 aromatic heterocycles. The Morgan fingerprint density at radius 1 is 1.50 bits per heavy atom. The Morgan fingerprint density at radius 2 is 2.22 bits per heavy atom. The summed E-state index contributed by atoms with van der Waals surface area (Å²) in [6.45, 7) is 2.13. The minimum atomic E-state index is -0.188. The lowest BCUT2D eigenvalue weighted by Gasteiger charge is -2.36.